The van der Waals surface area contributed by atoms with Crippen LogP contribution in [0.25, 0.3) is 0 Å². The topological polar surface area (TPSA) is 83.4 Å². The van der Waals surface area contributed by atoms with Crippen LogP contribution in [-0.2, 0) is 16.3 Å². The van der Waals surface area contributed by atoms with E-state index in [0.29, 0.717) is 6.42 Å². The molecule has 132 valence electrons. The molecule has 8 heteroatoms. The Morgan fingerprint density at radius 3 is 2.74 bits per heavy atom. The number of hydrogen-bond acceptors (Lipinski definition) is 5. The molecule has 6 nitrogen and oxygen atoms in total. The maximum Gasteiger partial charge on any atom is 0.191 e. The molecule has 0 fully saturated rings. The summed E-state index contributed by atoms with van der Waals surface area (Å²) in [6, 6.07) is 0.0641. The van der Waals surface area contributed by atoms with Crippen LogP contribution in [0.5, 0.6) is 0 Å². The Hall–Kier alpha value is -1.15. The Labute approximate surface area is 143 Å². The van der Waals surface area contributed by atoms with E-state index in [9.17, 15) is 8.42 Å². The molecule has 0 bridgehead atoms. The van der Waals surface area contributed by atoms with Crippen molar-refractivity contribution in [3.05, 3.63) is 16.1 Å². The van der Waals surface area contributed by atoms with E-state index < -0.39 is 9.84 Å². The SMILES string of the molecule is CN=C(NCCCCc1nc(C)cs1)NC(C)CCS(C)(=O)=O. The summed E-state index contributed by atoms with van der Waals surface area (Å²) < 4.78 is 22.4. The van der Waals surface area contributed by atoms with Gasteiger partial charge in [0.25, 0.3) is 0 Å². The van der Waals surface area contributed by atoms with E-state index in [-0.39, 0.29) is 11.8 Å². The fraction of sp³-hybridized carbons (Fsp3) is 0.733. The highest BCUT2D eigenvalue weighted by Crippen LogP contribution is 2.11. The molecule has 1 aromatic rings. The van der Waals surface area contributed by atoms with E-state index >= 15 is 0 Å². The van der Waals surface area contributed by atoms with Crippen LogP contribution in [0.15, 0.2) is 10.4 Å². The van der Waals surface area contributed by atoms with Crippen molar-refractivity contribution in [1.82, 2.24) is 15.6 Å². The van der Waals surface area contributed by atoms with Gasteiger partial charge in [-0.1, -0.05) is 0 Å². The third-order valence-corrected chi connectivity index (χ3v) is 5.31. The molecule has 0 aliphatic rings. The second-order valence-electron chi connectivity index (χ2n) is 5.80. The zero-order valence-corrected chi connectivity index (χ0v) is 16.1. The van der Waals surface area contributed by atoms with Crippen LogP contribution in [0, 0.1) is 6.92 Å². The Bertz CT molecular complexity index is 596. The zero-order valence-electron chi connectivity index (χ0n) is 14.4. The summed E-state index contributed by atoms with van der Waals surface area (Å²) in [7, 11) is -1.20. The molecule has 0 saturated heterocycles. The molecule has 1 atom stereocenters. The Morgan fingerprint density at radius 2 is 2.17 bits per heavy atom. The normalized spacial score (nSPS) is 13.8. The number of nitrogens with one attached hydrogen (secondary N) is 2. The van der Waals surface area contributed by atoms with Gasteiger partial charge < -0.3 is 10.6 Å². The van der Waals surface area contributed by atoms with Crippen LogP contribution in [0.4, 0.5) is 0 Å². The third kappa shape index (κ3) is 9.55. The summed E-state index contributed by atoms with van der Waals surface area (Å²) in [6.45, 7) is 4.81. The molecule has 0 radical (unpaired) electrons. The van der Waals surface area contributed by atoms with Gasteiger partial charge in [-0.15, -0.1) is 11.3 Å². The van der Waals surface area contributed by atoms with Crippen LogP contribution in [0.3, 0.4) is 0 Å². The fourth-order valence-corrected chi connectivity index (χ4v) is 3.62. The van der Waals surface area contributed by atoms with Gasteiger partial charge in [0.05, 0.1) is 10.8 Å². The van der Waals surface area contributed by atoms with Gasteiger partial charge in [-0.25, -0.2) is 13.4 Å². The summed E-state index contributed by atoms with van der Waals surface area (Å²) in [5, 5.41) is 9.75. The summed E-state index contributed by atoms with van der Waals surface area (Å²) in [4.78, 5) is 8.62. The smallest absolute Gasteiger partial charge is 0.191 e. The first-order valence-electron chi connectivity index (χ1n) is 7.86. The molecule has 2 N–H and O–H groups in total. The molecular formula is C15H28N4O2S2. The number of sulfone groups is 1. The van der Waals surface area contributed by atoms with Crippen molar-refractivity contribution in [2.45, 2.75) is 45.6 Å². The molecule has 0 aliphatic heterocycles. The van der Waals surface area contributed by atoms with Crippen molar-refractivity contribution in [3.8, 4) is 0 Å². The summed E-state index contributed by atoms with van der Waals surface area (Å²) in [6.07, 6.45) is 4.97. The average molecular weight is 361 g/mol. The standard InChI is InChI=1S/C15H28N4O2S2/c1-12(8-10-23(4,20)21)19-15(16-3)17-9-6-5-7-14-18-13(2)11-22-14/h11-12H,5-10H2,1-4H3,(H2,16,17,19). The van der Waals surface area contributed by atoms with Crippen LogP contribution >= 0.6 is 11.3 Å². The van der Waals surface area contributed by atoms with Gasteiger partial charge in [0.15, 0.2) is 5.96 Å². The number of aliphatic imine (C=N–C) groups is 1. The molecule has 0 saturated carbocycles. The predicted molar refractivity (Wildman–Crippen MR) is 98.1 cm³/mol. The van der Waals surface area contributed by atoms with Gasteiger partial charge in [0.2, 0.25) is 0 Å². The van der Waals surface area contributed by atoms with Crippen molar-refractivity contribution in [1.29, 1.82) is 0 Å². The molecule has 1 heterocycles. The molecular weight excluding hydrogens is 332 g/mol. The van der Waals surface area contributed by atoms with E-state index in [1.54, 1.807) is 18.4 Å². The minimum atomic E-state index is -2.92. The van der Waals surface area contributed by atoms with Gasteiger partial charge in [-0.2, -0.15) is 0 Å². The minimum absolute atomic E-state index is 0.0641. The van der Waals surface area contributed by atoms with Gasteiger partial charge >= 0.3 is 0 Å². The van der Waals surface area contributed by atoms with Crippen LogP contribution < -0.4 is 10.6 Å². The maximum atomic E-state index is 11.2. The largest absolute Gasteiger partial charge is 0.356 e. The van der Waals surface area contributed by atoms with Gasteiger partial charge in [0, 0.05) is 37.0 Å². The van der Waals surface area contributed by atoms with Crippen molar-refractivity contribution < 1.29 is 8.42 Å². The molecule has 0 aromatic carbocycles. The number of nitrogens with zero attached hydrogens (tertiary/aromatic N) is 2. The van der Waals surface area contributed by atoms with Crippen molar-refractivity contribution in [3.63, 3.8) is 0 Å². The summed E-state index contributed by atoms with van der Waals surface area (Å²) in [5.41, 5.74) is 1.09. The predicted octanol–water partition coefficient (Wildman–Crippen LogP) is 1.76. The van der Waals surface area contributed by atoms with Crippen molar-refractivity contribution in [2.75, 3.05) is 25.6 Å². The first-order chi connectivity index (χ1) is 10.8. The third-order valence-electron chi connectivity index (χ3n) is 3.30. The highest BCUT2D eigenvalue weighted by Gasteiger charge is 2.09. The number of rotatable bonds is 9. The van der Waals surface area contributed by atoms with E-state index in [1.165, 1.54) is 11.3 Å². The van der Waals surface area contributed by atoms with Crippen LogP contribution in [-0.4, -0.2) is 51.0 Å². The summed E-state index contributed by atoms with van der Waals surface area (Å²) in [5.74, 6) is 0.905. The molecule has 1 rings (SSSR count). The first kappa shape index (κ1) is 19.9. The highest BCUT2D eigenvalue weighted by atomic mass is 32.2. The van der Waals surface area contributed by atoms with Gasteiger partial charge in [-0.3, -0.25) is 4.99 Å². The van der Waals surface area contributed by atoms with E-state index in [0.717, 1.165) is 37.5 Å². The van der Waals surface area contributed by atoms with Crippen LogP contribution in [0.1, 0.15) is 36.9 Å². The molecule has 1 aromatic heterocycles. The number of aryl methyl sites for hydroxylation is 2. The number of thiazole rings is 1. The van der Waals surface area contributed by atoms with Crippen molar-refractivity contribution >= 4 is 27.1 Å². The molecule has 1 unspecified atom stereocenters. The lowest BCUT2D eigenvalue weighted by Crippen LogP contribution is -2.43. The molecule has 0 amide bonds. The average Bonchev–Trinajstić information content (AvgIpc) is 2.88. The minimum Gasteiger partial charge on any atom is -0.356 e. The Balaban J connectivity index is 2.18. The number of guanidine groups is 1. The van der Waals surface area contributed by atoms with Crippen LogP contribution in [0.2, 0.25) is 0 Å². The fourth-order valence-electron chi connectivity index (χ4n) is 2.02. The molecule has 0 spiro atoms. The number of unbranched alkanes of at least 4 members (excludes halogenated alkanes) is 1. The monoisotopic (exact) mass is 360 g/mol. The van der Waals surface area contributed by atoms with E-state index in [1.807, 2.05) is 13.8 Å². The Kier molecular flexibility index (Phi) is 8.54. The van der Waals surface area contributed by atoms with Gasteiger partial charge in [0.1, 0.15) is 9.84 Å². The lowest BCUT2D eigenvalue weighted by atomic mass is 10.2. The highest BCUT2D eigenvalue weighted by molar-refractivity contribution is 7.90. The second kappa shape index (κ2) is 9.87. The number of hydrogen-bond donors (Lipinski definition) is 2. The second-order valence-corrected chi connectivity index (χ2v) is 9.01. The van der Waals surface area contributed by atoms with E-state index in [2.05, 4.69) is 26.0 Å². The lowest BCUT2D eigenvalue weighted by Gasteiger charge is -2.17. The first-order valence-corrected chi connectivity index (χ1v) is 10.8. The zero-order chi connectivity index (χ0) is 17.3. The summed E-state index contributed by atoms with van der Waals surface area (Å²) >= 11 is 1.72. The Morgan fingerprint density at radius 1 is 1.43 bits per heavy atom. The maximum absolute atomic E-state index is 11.2. The van der Waals surface area contributed by atoms with Crippen molar-refractivity contribution in [2.24, 2.45) is 4.99 Å². The lowest BCUT2D eigenvalue weighted by molar-refractivity contribution is 0.580. The number of aromatic nitrogens is 1. The molecule has 0 aliphatic carbocycles. The quantitative estimate of drug-likeness (QED) is 0.398. The van der Waals surface area contributed by atoms with Gasteiger partial charge in [-0.05, 0) is 39.5 Å². The van der Waals surface area contributed by atoms with E-state index in [4.69, 9.17) is 0 Å². The molecule has 23 heavy (non-hydrogen) atoms.